The Labute approximate surface area is 503 Å². The fraction of sp³-hybridized carbons (Fsp3) is 0.711. The van der Waals surface area contributed by atoms with Crippen molar-refractivity contribution in [1.82, 2.24) is 0 Å². The number of unbranched alkanes of at least 4 members (excludes halogenated alkanes) is 35. The van der Waals surface area contributed by atoms with Crippen molar-refractivity contribution in [2.75, 3.05) is 13.2 Å². The number of carbonyl (C=O) groups is 2. The summed E-state index contributed by atoms with van der Waals surface area (Å²) in [5, 5.41) is 9.70. The Hall–Kier alpha value is -3.70. The molecule has 5 heteroatoms. The molecule has 0 saturated heterocycles. The molecule has 0 aromatic carbocycles. The SMILES string of the molecule is CC/C=C\C/C=C\C/C=C\C/C=C\C/C=C\C/C=C\C/C=C\C/C=C\C/C=C\C/C=C\CCCCCCCCCCC(=O)OC(CO)COC(=O)CCCCCCCCCCCCCCCCCCCCCCCCCCCCCC. The Morgan fingerprint density at radius 3 is 0.802 bits per heavy atom. The molecule has 1 N–H and O–H groups in total. The molecule has 464 valence electrons. The number of aliphatic hydroxyl groups is 1. The number of aliphatic hydroxyl groups excluding tert-OH is 1. The second-order valence-corrected chi connectivity index (χ2v) is 22.9. The monoisotopic (exact) mass is 1120 g/mol. The minimum absolute atomic E-state index is 0.0714. The first-order chi connectivity index (χ1) is 40.1. The van der Waals surface area contributed by atoms with E-state index in [1.165, 1.54) is 193 Å². The lowest BCUT2D eigenvalue weighted by Gasteiger charge is -2.15. The predicted molar refractivity (Wildman–Crippen MR) is 357 cm³/mol. The van der Waals surface area contributed by atoms with E-state index in [1.54, 1.807) is 0 Å². The quantitative estimate of drug-likeness (QED) is 0.0373. The molecule has 0 aromatic heterocycles. The van der Waals surface area contributed by atoms with Crippen LogP contribution in [0.1, 0.15) is 328 Å². The van der Waals surface area contributed by atoms with Crippen LogP contribution in [0, 0.1) is 0 Å². The molecule has 0 radical (unpaired) electrons. The van der Waals surface area contributed by atoms with Crippen LogP contribution in [0.25, 0.3) is 0 Å². The van der Waals surface area contributed by atoms with Gasteiger partial charge in [-0.25, -0.2) is 0 Å². The molecular weight excluding hydrogens is 993 g/mol. The molecule has 0 fully saturated rings. The van der Waals surface area contributed by atoms with E-state index in [0.717, 1.165) is 109 Å². The number of allylic oxidation sites excluding steroid dienone is 20. The summed E-state index contributed by atoms with van der Waals surface area (Å²) >= 11 is 0. The maximum atomic E-state index is 12.4. The molecule has 81 heavy (non-hydrogen) atoms. The highest BCUT2D eigenvalue weighted by atomic mass is 16.6. The number of rotatable bonds is 63. The first-order valence-electron chi connectivity index (χ1n) is 34.6. The first-order valence-corrected chi connectivity index (χ1v) is 34.6. The minimum Gasteiger partial charge on any atom is -0.462 e. The van der Waals surface area contributed by atoms with Crippen LogP contribution in [0.2, 0.25) is 0 Å². The molecular formula is C76H130O5. The summed E-state index contributed by atoms with van der Waals surface area (Å²) in [6.45, 7) is 4.05. The van der Waals surface area contributed by atoms with Gasteiger partial charge in [0.2, 0.25) is 0 Å². The lowest BCUT2D eigenvalue weighted by Crippen LogP contribution is -2.28. The zero-order valence-electron chi connectivity index (χ0n) is 53.3. The van der Waals surface area contributed by atoms with Gasteiger partial charge in [-0.1, -0.05) is 347 Å². The van der Waals surface area contributed by atoms with Gasteiger partial charge in [0.1, 0.15) is 6.61 Å². The molecule has 0 saturated carbocycles. The second-order valence-electron chi connectivity index (χ2n) is 22.9. The van der Waals surface area contributed by atoms with Crippen LogP contribution in [0.4, 0.5) is 0 Å². The third-order valence-corrected chi connectivity index (χ3v) is 15.0. The van der Waals surface area contributed by atoms with Crippen LogP contribution in [-0.4, -0.2) is 36.4 Å². The second kappa shape index (κ2) is 70.6. The normalized spacial score (nSPS) is 13.0. The van der Waals surface area contributed by atoms with E-state index in [2.05, 4.69) is 135 Å². The Morgan fingerprint density at radius 2 is 0.531 bits per heavy atom. The van der Waals surface area contributed by atoms with E-state index < -0.39 is 6.10 Å². The third kappa shape index (κ3) is 68.7. The van der Waals surface area contributed by atoms with Crippen molar-refractivity contribution in [2.45, 2.75) is 335 Å². The highest BCUT2D eigenvalue weighted by Gasteiger charge is 2.16. The molecule has 1 unspecified atom stereocenters. The summed E-state index contributed by atoms with van der Waals surface area (Å²) in [7, 11) is 0. The van der Waals surface area contributed by atoms with Gasteiger partial charge in [0.15, 0.2) is 6.10 Å². The van der Waals surface area contributed by atoms with Crippen LogP contribution in [0.5, 0.6) is 0 Å². The largest absolute Gasteiger partial charge is 0.462 e. The van der Waals surface area contributed by atoms with E-state index >= 15 is 0 Å². The smallest absolute Gasteiger partial charge is 0.306 e. The number of esters is 2. The van der Waals surface area contributed by atoms with Gasteiger partial charge in [0, 0.05) is 12.8 Å². The fourth-order valence-corrected chi connectivity index (χ4v) is 9.88. The van der Waals surface area contributed by atoms with Gasteiger partial charge in [0.05, 0.1) is 6.61 Å². The summed E-state index contributed by atoms with van der Waals surface area (Å²) in [6, 6.07) is 0. The van der Waals surface area contributed by atoms with E-state index in [4.69, 9.17) is 9.47 Å². The van der Waals surface area contributed by atoms with Crippen molar-refractivity contribution in [1.29, 1.82) is 0 Å². The van der Waals surface area contributed by atoms with Crippen LogP contribution in [0.3, 0.4) is 0 Å². The molecule has 0 spiro atoms. The van der Waals surface area contributed by atoms with Gasteiger partial charge in [-0.15, -0.1) is 0 Å². The van der Waals surface area contributed by atoms with Crippen molar-refractivity contribution in [3.05, 3.63) is 122 Å². The van der Waals surface area contributed by atoms with Gasteiger partial charge in [0.25, 0.3) is 0 Å². The molecule has 0 amide bonds. The third-order valence-electron chi connectivity index (χ3n) is 15.0. The molecule has 0 aliphatic rings. The topological polar surface area (TPSA) is 72.8 Å². The van der Waals surface area contributed by atoms with Gasteiger partial charge in [-0.2, -0.15) is 0 Å². The van der Waals surface area contributed by atoms with E-state index in [9.17, 15) is 14.7 Å². The van der Waals surface area contributed by atoms with Crippen LogP contribution < -0.4 is 0 Å². The van der Waals surface area contributed by atoms with Crippen molar-refractivity contribution in [3.63, 3.8) is 0 Å². The summed E-state index contributed by atoms with van der Waals surface area (Å²) in [5.41, 5.74) is 0. The lowest BCUT2D eigenvalue weighted by molar-refractivity contribution is -0.161. The molecule has 1 atom stereocenters. The minimum atomic E-state index is -0.784. The standard InChI is InChI=1S/C76H130O5/c1-3-5-7-9-11-13-15-17-19-21-23-25-27-29-31-33-34-35-36-37-38-39-40-41-42-43-45-47-49-51-53-55-57-59-61-63-65-67-69-71-76(79)81-74(72-77)73-80-75(78)70-68-66-64-62-60-58-56-54-52-50-48-46-44-32-30-28-26-24-22-20-18-16-14-12-10-8-6-4-2/h5,7,11,13,17,19,23,25,29,31,34-35,37-38,40-41,43,45,49,51,74,77H,3-4,6,8-10,12,14-16,18,20-22,24,26-28,30,32-33,36,39,42,44,46-48,50,52-73H2,1-2H3/b7-5-,13-11-,19-17-,25-23-,31-29-,35-34-,38-37-,41-40-,45-43-,51-49-. The Balaban J connectivity index is 3.53. The highest BCUT2D eigenvalue weighted by molar-refractivity contribution is 5.70. The van der Waals surface area contributed by atoms with E-state index in [-0.39, 0.29) is 25.2 Å². The van der Waals surface area contributed by atoms with Crippen molar-refractivity contribution < 1.29 is 24.2 Å². The number of hydrogen-bond acceptors (Lipinski definition) is 5. The van der Waals surface area contributed by atoms with Gasteiger partial charge in [-0.3, -0.25) is 9.59 Å². The number of ether oxygens (including phenoxy) is 2. The maximum absolute atomic E-state index is 12.4. The highest BCUT2D eigenvalue weighted by Crippen LogP contribution is 2.18. The summed E-state index contributed by atoms with van der Waals surface area (Å²) in [4.78, 5) is 24.6. The van der Waals surface area contributed by atoms with Crippen molar-refractivity contribution in [3.8, 4) is 0 Å². The van der Waals surface area contributed by atoms with Crippen molar-refractivity contribution in [2.24, 2.45) is 0 Å². The zero-order chi connectivity index (χ0) is 58.4. The van der Waals surface area contributed by atoms with Crippen LogP contribution >= 0.6 is 0 Å². The molecule has 5 nitrogen and oxygen atoms in total. The van der Waals surface area contributed by atoms with E-state index in [0.29, 0.717) is 12.8 Å². The van der Waals surface area contributed by atoms with Crippen molar-refractivity contribution >= 4 is 11.9 Å². The maximum Gasteiger partial charge on any atom is 0.306 e. The number of hydrogen-bond donors (Lipinski definition) is 1. The molecule has 0 aliphatic heterocycles. The molecule has 0 heterocycles. The Morgan fingerprint density at radius 1 is 0.296 bits per heavy atom. The summed E-state index contributed by atoms with van der Waals surface area (Å²) in [6.07, 6.45) is 104. The zero-order valence-corrected chi connectivity index (χ0v) is 53.3. The molecule has 0 aromatic rings. The molecule has 0 aliphatic carbocycles. The Bertz CT molecular complexity index is 1600. The first kappa shape index (κ1) is 77.3. The average Bonchev–Trinajstić information content (AvgIpc) is 3.47. The van der Waals surface area contributed by atoms with Crippen LogP contribution in [-0.2, 0) is 19.1 Å². The van der Waals surface area contributed by atoms with Gasteiger partial charge in [-0.05, 0) is 89.9 Å². The average molecular weight is 1120 g/mol. The fourth-order valence-electron chi connectivity index (χ4n) is 9.88. The van der Waals surface area contributed by atoms with E-state index in [1.807, 2.05) is 0 Å². The lowest BCUT2D eigenvalue weighted by atomic mass is 10.0. The molecule has 0 rings (SSSR count). The van der Waals surface area contributed by atoms with Crippen LogP contribution in [0.15, 0.2) is 122 Å². The summed E-state index contributed by atoms with van der Waals surface area (Å²) in [5.74, 6) is -0.592. The van der Waals surface area contributed by atoms with Gasteiger partial charge >= 0.3 is 11.9 Å². The summed E-state index contributed by atoms with van der Waals surface area (Å²) < 4.78 is 10.7. The predicted octanol–water partition coefficient (Wildman–Crippen LogP) is 24.2. The number of carbonyl (C=O) groups excluding carboxylic acids is 2. The Kier molecular flexibility index (Phi) is 67.3. The molecule has 0 bridgehead atoms. The van der Waals surface area contributed by atoms with Gasteiger partial charge < -0.3 is 14.6 Å².